The first-order valence-electron chi connectivity index (χ1n) is 5.51. The average molecular weight is 239 g/mol. The zero-order chi connectivity index (χ0) is 11.8. The van der Waals surface area contributed by atoms with Gasteiger partial charge >= 0.3 is 0 Å². The van der Waals surface area contributed by atoms with E-state index >= 15 is 0 Å². The van der Waals surface area contributed by atoms with Crippen LogP contribution in [-0.4, -0.2) is 48.6 Å². The highest BCUT2D eigenvalue weighted by molar-refractivity contribution is 5.91. The van der Waals surface area contributed by atoms with Gasteiger partial charge in [-0.15, -0.1) is 0 Å². The molecular weight excluding hydrogens is 226 g/mol. The molecule has 4 atom stereocenters. The van der Waals surface area contributed by atoms with E-state index in [1.54, 1.807) is 12.1 Å². The van der Waals surface area contributed by atoms with E-state index in [4.69, 9.17) is 13.9 Å². The van der Waals surface area contributed by atoms with Crippen LogP contribution >= 0.6 is 0 Å². The fourth-order valence-electron chi connectivity index (χ4n) is 2.25. The summed E-state index contributed by atoms with van der Waals surface area (Å²) < 4.78 is 15.8. The molecule has 0 radical (unpaired) electrons. The van der Waals surface area contributed by atoms with Gasteiger partial charge in [0.1, 0.15) is 18.3 Å². The van der Waals surface area contributed by atoms with Crippen molar-refractivity contribution in [2.24, 2.45) is 0 Å². The normalized spacial score (nSPS) is 35.8. The Labute approximate surface area is 97.5 Å². The molecule has 2 N–H and O–H groups in total. The van der Waals surface area contributed by atoms with E-state index in [1.165, 1.54) is 6.26 Å². The Balaban J connectivity index is 1.65. The lowest BCUT2D eigenvalue weighted by molar-refractivity contribution is 0.0178. The van der Waals surface area contributed by atoms with Crippen LogP contribution in [0.25, 0.3) is 0 Å². The van der Waals surface area contributed by atoms with Crippen molar-refractivity contribution in [3.05, 3.63) is 24.2 Å². The minimum atomic E-state index is -0.606. The van der Waals surface area contributed by atoms with Crippen molar-refractivity contribution in [1.29, 1.82) is 0 Å². The van der Waals surface area contributed by atoms with Crippen LogP contribution in [0, 0.1) is 0 Å². The number of furan rings is 1. The quantitative estimate of drug-likeness (QED) is 0.729. The second-order valence-electron chi connectivity index (χ2n) is 4.22. The summed E-state index contributed by atoms with van der Waals surface area (Å²) in [6, 6.07) is 3.00. The van der Waals surface area contributed by atoms with Gasteiger partial charge in [0.15, 0.2) is 5.76 Å². The predicted octanol–water partition coefficient (Wildman–Crippen LogP) is -0.464. The van der Waals surface area contributed by atoms with Crippen molar-refractivity contribution in [2.75, 3.05) is 13.2 Å². The third kappa shape index (κ3) is 1.84. The van der Waals surface area contributed by atoms with Crippen LogP contribution in [0.5, 0.6) is 0 Å². The predicted molar refractivity (Wildman–Crippen MR) is 55.4 cm³/mol. The maximum atomic E-state index is 11.8. The number of aliphatic hydroxyl groups is 1. The number of amides is 1. The van der Waals surface area contributed by atoms with Crippen molar-refractivity contribution in [1.82, 2.24) is 5.32 Å². The molecule has 1 aromatic rings. The van der Waals surface area contributed by atoms with Crippen molar-refractivity contribution in [2.45, 2.75) is 24.4 Å². The molecule has 2 fully saturated rings. The number of hydrogen-bond acceptors (Lipinski definition) is 5. The minimum Gasteiger partial charge on any atom is -0.459 e. The Morgan fingerprint density at radius 3 is 2.94 bits per heavy atom. The minimum absolute atomic E-state index is 0.241. The standard InChI is InChI=1S/C11H13NO5/c13-7-5-17-9-6(4-16-10(7)9)12-11(14)8-2-1-3-15-8/h1-3,6-7,9-10,13H,4-5H2,(H,12,14). The second kappa shape index (κ2) is 4.14. The van der Waals surface area contributed by atoms with E-state index in [0.717, 1.165) is 0 Å². The van der Waals surface area contributed by atoms with Crippen molar-refractivity contribution in [3.63, 3.8) is 0 Å². The first-order chi connectivity index (χ1) is 8.25. The molecule has 2 aliphatic rings. The highest BCUT2D eigenvalue weighted by atomic mass is 16.6. The molecule has 6 nitrogen and oxygen atoms in total. The fraction of sp³-hybridized carbons (Fsp3) is 0.545. The largest absolute Gasteiger partial charge is 0.459 e. The van der Waals surface area contributed by atoms with Gasteiger partial charge < -0.3 is 24.3 Å². The van der Waals surface area contributed by atoms with E-state index in [0.29, 0.717) is 6.61 Å². The van der Waals surface area contributed by atoms with Crippen LogP contribution < -0.4 is 5.32 Å². The molecule has 1 aromatic heterocycles. The van der Waals surface area contributed by atoms with Gasteiger partial charge in [-0.3, -0.25) is 4.79 Å². The van der Waals surface area contributed by atoms with Crippen molar-refractivity contribution in [3.8, 4) is 0 Å². The molecule has 1 amide bonds. The molecule has 2 aliphatic heterocycles. The SMILES string of the molecule is O=C(NC1COC2C(O)COC12)c1ccco1. The number of rotatable bonds is 2. The summed E-state index contributed by atoms with van der Waals surface area (Å²) in [5.41, 5.74) is 0. The summed E-state index contributed by atoms with van der Waals surface area (Å²) >= 11 is 0. The van der Waals surface area contributed by atoms with Gasteiger partial charge in [-0.1, -0.05) is 0 Å². The highest BCUT2D eigenvalue weighted by Gasteiger charge is 2.47. The molecule has 3 rings (SSSR count). The zero-order valence-corrected chi connectivity index (χ0v) is 9.04. The van der Waals surface area contributed by atoms with Crippen LogP contribution in [0.2, 0.25) is 0 Å². The van der Waals surface area contributed by atoms with Crippen LogP contribution in [0.15, 0.2) is 22.8 Å². The molecule has 0 saturated carbocycles. The maximum absolute atomic E-state index is 11.8. The summed E-state index contributed by atoms with van der Waals surface area (Å²) in [6.45, 7) is 0.599. The highest BCUT2D eigenvalue weighted by Crippen LogP contribution is 2.27. The molecule has 92 valence electrons. The molecule has 17 heavy (non-hydrogen) atoms. The summed E-state index contributed by atoms with van der Waals surface area (Å²) in [5.74, 6) is -0.0405. The summed E-state index contributed by atoms with van der Waals surface area (Å²) in [5, 5.41) is 12.3. The van der Waals surface area contributed by atoms with Gasteiger partial charge in [-0.25, -0.2) is 0 Å². The number of hydrogen-bond donors (Lipinski definition) is 2. The van der Waals surface area contributed by atoms with Gasteiger partial charge in [0.05, 0.1) is 25.5 Å². The summed E-state index contributed by atoms with van der Waals surface area (Å²) in [7, 11) is 0. The lowest BCUT2D eigenvalue weighted by atomic mass is 10.1. The zero-order valence-electron chi connectivity index (χ0n) is 9.04. The van der Waals surface area contributed by atoms with E-state index in [2.05, 4.69) is 5.32 Å². The number of carbonyl (C=O) groups excluding carboxylic acids is 1. The third-order valence-electron chi connectivity index (χ3n) is 3.09. The number of ether oxygens (including phenoxy) is 2. The Morgan fingerprint density at radius 1 is 1.35 bits per heavy atom. The summed E-state index contributed by atoms with van der Waals surface area (Å²) in [4.78, 5) is 11.8. The molecule has 6 heteroatoms. The Kier molecular flexibility index (Phi) is 2.62. The van der Waals surface area contributed by atoms with Crippen LogP contribution in [0.1, 0.15) is 10.6 Å². The van der Waals surface area contributed by atoms with E-state index < -0.39 is 6.10 Å². The molecule has 4 unspecified atom stereocenters. The van der Waals surface area contributed by atoms with Crippen LogP contribution in [-0.2, 0) is 9.47 Å². The Hall–Kier alpha value is -1.37. The molecule has 0 aliphatic carbocycles. The fourth-order valence-corrected chi connectivity index (χ4v) is 2.25. The number of nitrogens with one attached hydrogen (secondary N) is 1. The average Bonchev–Trinajstić information content (AvgIpc) is 3.00. The molecule has 0 bridgehead atoms. The van der Waals surface area contributed by atoms with E-state index in [1.807, 2.05) is 0 Å². The van der Waals surface area contributed by atoms with Gasteiger partial charge in [-0.2, -0.15) is 0 Å². The molecule has 0 aromatic carbocycles. The smallest absolute Gasteiger partial charge is 0.287 e. The monoisotopic (exact) mass is 239 g/mol. The molecule has 2 saturated heterocycles. The van der Waals surface area contributed by atoms with Crippen molar-refractivity contribution < 1.29 is 23.8 Å². The third-order valence-corrected chi connectivity index (χ3v) is 3.09. The number of carbonyl (C=O) groups is 1. The first kappa shape index (κ1) is 10.8. The van der Waals surface area contributed by atoms with Gasteiger partial charge in [0.25, 0.3) is 5.91 Å². The second-order valence-corrected chi connectivity index (χ2v) is 4.22. The molecule has 3 heterocycles. The number of aliphatic hydroxyl groups excluding tert-OH is 1. The maximum Gasteiger partial charge on any atom is 0.287 e. The topological polar surface area (TPSA) is 80.9 Å². The molecular formula is C11H13NO5. The van der Waals surface area contributed by atoms with E-state index in [-0.39, 0.29) is 36.5 Å². The summed E-state index contributed by atoms with van der Waals surface area (Å²) in [6.07, 6.45) is 0.227. The van der Waals surface area contributed by atoms with Gasteiger partial charge in [-0.05, 0) is 12.1 Å². The van der Waals surface area contributed by atoms with Crippen LogP contribution in [0.4, 0.5) is 0 Å². The van der Waals surface area contributed by atoms with Gasteiger partial charge in [0.2, 0.25) is 0 Å². The van der Waals surface area contributed by atoms with E-state index in [9.17, 15) is 9.90 Å². The Bertz CT molecular complexity index is 404. The Morgan fingerprint density at radius 2 is 2.18 bits per heavy atom. The lowest BCUT2D eigenvalue weighted by Crippen LogP contribution is -2.44. The lowest BCUT2D eigenvalue weighted by Gasteiger charge is -2.16. The van der Waals surface area contributed by atoms with Gasteiger partial charge in [0, 0.05) is 0 Å². The molecule has 0 spiro atoms. The first-order valence-corrected chi connectivity index (χ1v) is 5.51. The van der Waals surface area contributed by atoms with Crippen LogP contribution in [0.3, 0.4) is 0 Å². The number of fused-ring (bicyclic) bond motifs is 1. The van der Waals surface area contributed by atoms with Crippen molar-refractivity contribution >= 4 is 5.91 Å².